The molecule has 2 fully saturated rings. The molecule has 156 valence electrons. The van der Waals surface area contributed by atoms with Gasteiger partial charge in [0.05, 0.1) is 5.02 Å². The molecule has 8 nitrogen and oxygen atoms in total. The molecule has 4 heterocycles. The van der Waals surface area contributed by atoms with Crippen molar-refractivity contribution in [3.8, 4) is 0 Å². The Balaban J connectivity index is 1.45. The molecule has 0 aromatic carbocycles. The minimum atomic E-state index is -3.62. The number of hydrogen-bond acceptors (Lipinski definition) is 6. The molecule has 2 aliphatic heterocycles. The van der Waals surface area contributed by atoms with Gasteiger partial charge in [0.2, 0.25) is 10.0 Å². The van der Waals surface area contributed by atoms with Crippen LogP contribution in [0.1, 0.15) is 29.2 Å². The van der Waals surface area contributed by atoms with Gasteiger partial charge in [0.25, 0.3) is 5.91 Å². The molecule has 2 aliphatic rings. The van der Waals surface area contributed by atoms with E-state index in [0.29, 0.717) is 44.3 Å². The van der Waals surface area contributed by atoms with Crippen LogP contribution in [0.4, 0.5) is 5.82 Å². The fourth-order valence-corrected chi connectivity index (χ4v) is 5.53. The summed E-state index contributed by atoms with van der Waals surface area (Å²) in [5.74, 6) is 0.844. The van der Waals surface area contributed by atoms with E-state index in [0.717, 1.165) is 18.7 Å². The number of aryl methyl sites for hydroxylation is 1. The van der Waals surface area contributed by atoms with Crippen LogP contribution in [0.25, 0.3) is 0 Å². The summed E-state index contributed by atoms with van der Waals surface area (Å²) in [7, 11) is -3.62. The van der Waals surface area contributed by atoms with E-state index in [9.17, 15) is 13.2 Å². The van der Waals surface area contributed by atoms with Crippen LogP contribution in [0.3, 0.4) is 0 Å². The van der Waals surface area contributed by atoms with Gasteiger partial charge in [-0.05, 0) is 31.9 Å². The molecule has 0 bridgehead atoms. The van der Waals surface area contributed by atoms with Crippen molar-refractivity contribution >= 4 is 33.3 Å². The van der Waals surface area contributed by atoms with Crippen molar-refractivity contribution in [1.29, 1.82) is 0 Å². The molecule has 0 spiro atoms. The number of amides is 1. The van der Waals surface area contributed by atoms with E-state index in [1.54, 1.807) is 24.1 Å². The first-order chi connectivity index (χ1) is 13.9. The normalized spacial score (nSPS) is 18.4. The Bertz CT molecular complexity index is 992. The Morgan fingerprint density at radius 3 is 2.41 bits per heavy atom. The van der Waals surface area contributed by atoms with Crippen LogP contribution in [-0.4, -0.2) is 67.8 Å². The number of pyridine rings is 1. The molecular formula is C19H23ClN4O4S. The predicted octanol–water partition coefficient (Wildman–Crippen LogP) is 2.38. The van der Waals surface area contributed by atoms with Crippen LogP contribution < -0.4 is 4.90 Å². The highest BCUT2D eigenvalue weighted by Gasteiger charge is 2.33. The lowest BCUT2D eigenvalue weighted by atomic mass is 10.2. The van der Waals surface area contributed by atoms with Gasteiger partial charge in [-0.2, -0.15) is 4.31 Å². The monoisotopic (exact) mass is 438 g/mol. The molecule has 2 saturated heterocycles. The van der Waals surface area contributed by atoms with Crippen LogP contribution in [0, 0.1) is 6.92 Å². The van der Waals surface area contributed by atoms with Gasteiger partial charge >= 0.3 is 0 Å². The number of piperazine rings is 1. The van der Waals surface area contributed by atoms with E-state index in [1.807, 2.05) is 6.07 Å². The minimum Gasteiger partial charge on any atom is -0.455 e. The second-order valence-corrected chi connectivity index (χ2v) is 9.60. The number of halogens is 1. The number of anilines is 1. The van der Waals surface area contributed by atoms with Crippen LogP contribution in [0.15, 0.2) is 33.7 Å². The molecule has 0 radical (unpaired) electrons. The third-order valence-corrected chi connectivity index (χ3v) is 7.60. The molecule has 10 heteroatoms. The van der Waals surface area contributed by atoms with Gasteiger partial charge in [-0.1, -0.05) is 11.6 Å². The van der Waals surface area contributed by atoms with E-state index < -0.39 is 10.0 Å². The Labute approximate surface area is 175 Å². The summed E-state index contributed by atoms with van der Waals surface area (Å²) >= 11 is 5.88. The van der Waals surface area contributed by atoms with E-state index >= 15 is 0 Å². The standard InChI is InChI=1S/C19H23ClN4O4S/c1-14-17(29(26,27)24-6-2-3-7-24)12-16(28-14)19(25)23-10-8-22(9-11-23)18-5-4-15(20)13-21-18/h4-5,12-13H,2-3,6-11H2,1H3. The number of furan rings is 1. The van der Waals surface area contributed by atoms with E-state index in [1.165, 1.54) is 10.4 Å². The Kier molecular flexibility index (Phi) is 5.54. The third kappa shape index (κ3) is 3.99. The molecule has 0 saturated carbocycles. The summed E-state index contributed by atoms with van der Waals surface area (Å²) in [4.78, 5) is 21.0. The molecule has 0 atom stereocenters. The number of sulfonamides is 1. The number of carbonyl (C=O) groups is 1. The van der Waals surface area contributed by atoms with Crippen molar-refractivity contribution in [1.82, 2.24) is 14.2 Å². The topological polar surface area (TPSA) is 87.0 Å². The largest absolute Gasteiger partial charge is 0.455 e. The first kappa shape index (κ1) is 20.2. The van der Waals surface area contributed by atoms with Crippen LogP contribution in [0.5, 0.6) is 0 Å². The molecule has 4 rings (SSSR count). The van der Waals surface area contributed by atoms with Crippen molar-refractivity contribution in [2.24, 2.45) is 0 Å². The lowest BCUT2D eigenvalue weighted by molar-refractivity contribution is 0.0713. The highest BCUT2D eigenvalue weighted by molar-refractivity contribution is 7.89. The number of aromatic nitrogens is 1. The van der Waals surface area contributed by atoms with Crippen molar-refractivity contribution in [2.45, 2.75) is 24.7 Å². The maximum atomic E-state index is 12.9. The van der Waals surface area contributed by atoms with Crippen LogP contribution in [-0.2, 0) is 10.0 Å². The van der Waals surface area contributed by atoms with Crippen molar-refractivity contribution < 1.29 is 17.6 Å². The van der Waals surface area contributed by atoms with Crippen LogP contribution in [0.2, 0.25) is 5.02 Å². The smallest absolute Gasteiger partial charge is 0.289 e. The summed E-state index contributed by atoms with van der Waals surface area (Å²) in [5.41, 5.74) is 0. The molecular weight excluding hydrogens is 416 g/mol. The second-order valence-electron chi connectivity index (χ2n) is 7.26. The molecule has 0 unspecified atom stereocenters. The van der Waals surface area contributed by atoms with Crippen molar-refractivity contribution in [2.75, 3.05) is 44.2 Å². The fourth-order valence-electron chi connectivity index (χ4n) is 3.74. The summed E-state index contributed by atoms with van der Waals surface area (Å²) in [6, 6.07) is 5.01. The van der Waals surface area contributed by atoms with Gasteiger partial charge < -0.3 is 14.2 Å². The second kappa shape index (κ2) is 7.97. The van der Waals surface area contributed by atoms with Crippen molar-refractivity contribution in [3.05, 3.63) is 40.9 Å². The SMILES string of the molecule is Cc1oc(C(=O)N2CCN(c3ccc(Cl)cn3)CC2)cc1S(=O)(=O)N1CCCC1. The summed E-state index contributed by atoms with van der Waals surface area (Å²) in [5, 5.41) is 0.579. The number of nitrogens with zero attached hydrogens (tertiary/aromatic N) is 4. The van der Waals surface area contributed by atoms with Gasteiger partial charge in [-0.25, -0.2) is 13.4 Å². The Morgan fingerprint density at radius 1 is 1.10 bits per heavy atom. The molecule has 1 amide bonds. The van der Waals surface area contributed by atoms with Gasteiger partial charge in [-0.15, -0.1) is 0 Å². The maximum absolute atomic E-state index is 12.9. The van der Waals surface area contributed by atoms with E-state index in [2.05, 4.69) is 9.88 Å². The predicted molar refractivity (Wildman–Crippen MR) is 109 cm³/mol. The number of rotatable bonds is 4. The average Bonchev–Trinajstić information content (AvgIpc) is 3.39. The first-order valence-electron chi connectivity index (χ1n) is 9.62. The Morgan fingerprint density at radius 2 is 1.79 bits per heavy atom. The zero-order valence-electron chi connectivity index (χ0n) is 16.2. The molecule has 2 aromatic rings. The summed E-state index contributed by atoms with van der Waals surface area (Å²) in [6.45, 7) is 4.85. The van der Waals surface area contributed by atoms with Gasteiger partial charge in [-0.3, -0.25) is 4.79 Å². The van der Waals surface area contributed by atoms with Crippen LogP contribution >= 0.6 is 11.6 Å². The zero-order chi connectivity index (χ0) is 20.6. The van der Waals surface area contributed by atoms with E-state index in [-0.39, 0.29) is 22.3 Å². The molecule has 0 aliphatic carbocycles. The summed E-state index contributed by atoms with van der Waals surface area (Å²) < 4.78 is 32.6. The molecule has 2 aromatic heterocycles. The highest BCUT2D eigenvalue weighted by Crippen LogP contribution is 2.27. The van der Waals surface area contributed by atoms with E-state index in [4.69, 9.17) is 16.0 Å². The Hall–Kier alpha value is -2.10. The fraction of sp³-hybridized carbons (Fsp3) is 0.474. The van der Waals surface area contributed by atoms with Crippen molar-refractivity contribution in [3.63, 3.8) is 0 Å². The first-order valence-corrected chi connectivity index (χ1v) is 11.4. The maximum Gasteiger partial charge on any atom is 0.289 e. The quantitative estimate of drug-likeness (QED) is 0.728. The van der Waals surface area contributed by atoms with Gasteiger partial charge in [0, 0.05) is 51.5 Å². The lowest BCUT2D eigenvalue weighted by Crippen LogP contribution is -2.49. The molecule has 0 N–H and O–H groups in total. The van der Waals surface area contributed by atoms with Gasteiger partial charge in [0.15, 0.2) is 5.76 Å². The number of carbonyl (C=O) groups excluding carboxylic acids is 1. The number of hydrogen-bond donors (Lipinski definition) is 0. The molecule has 29 heavy (non-hydrogen) atoms. The lowest BCUT2D eigenvalue weighted by Gasteiger charge is -2.35. The van der Waals surface area contributed by atoms with Gasteiger partial charge in [0.1, 0.15) is 16.5 Å². The summed E-state index contributed by atoms with van der Waals surface area (Å²) in [6.07, 6.45) is 3.31. The minimum absolute atomic E-state index is 0.0679. The highest BCUT2D eigenvalue weighted by atomic mass is 35.5. The third-order valence-electron chi connectivity index (χ3n) is 5.37. The average molecular weight is 439 g/mol. The zero-order valence-corrected chi connectivity index (χ0v) is 17.7.